The largest absolute Gasteiger partial charge is 0.323 e. The van der Waals surface area contributed by atoms with Crippen LogP contribution in [0.3, 0.4) is 0 Å². The molecular formula is C28H29N3O. The molecule has 1 aromatic heterocycles. The molecule has 1 amide bonds. The van der Waals surface area contributed by atoms with Crippen molar-refractivity contribution in [2.24, 2.45) is 0 Å². The van der Waals surface area contributed by atoms with E-state index in [1.54, 1.807) is 0 Å². The Hall–Kier alpha value is -3.40. The predicted molar refractivity (Wildman–Crippen MR) is 130 cm³/mol. The van der Waals surface area contributed by atoms with Gasteiger partial charge in [0, 0.05) is 31.1 Å². The number of fused-ring (bicyclic) bond motifs is 1. The molecule has 4 nitrogen and oxygen atoms in total. The van der Waals surface area contributed by atoms with Crippen LogP contribution in [0.1, 0.15) is 46.0 Å². The minimum absolute atomic E-state index is 0.0709. The van der Waals surface area contributed by atoms with Crippen molar-refractivity contribution < 1.29 is 4.79 Å². The zero-order valence-electron chi connectivity index (χ0n) is 19.2. The summed E-state index contributed by atoms with van der Waals surface area (Å²) >= 11 is 0. The summed E-state index contributed by atoms with van der Waals surface area (Å²) in [6.45, 7) is 10.2. The van der Waals surface area contributed by atoms with Gasteiger partial charge >= 0.3 is 0 Å². The number of anilines is 1. The molecule has 2 heterocycles. The molecule has 0 bridgehead atoms. The summed E-state index contributed by atoms with van der Waals surface area (Å²) in [4.78, 5) is 19.9. The molecule has 32 heavy (non-hydrogen) atoms. The van der Waals surface area contributed by atoms with Crippen molar-refractivity contribution >= 4 is 22.6 Å². The topological polar surface area (TPSA) is 38.1 Å². The van der Waals surface area contributed by atoms with Gasteiger partial charge in [-0.3, -0.25) is 4.79 Å². The number of rotatable bonds is 4. The summed E-state index contributed by atoms with van der Waals surface area (Å²) in [5.74, 6) is 1.25. The first kappa shape index (κ1) is 20.5. The van der Waals surface area contributed by atoms with Crippen LogP contribution in [0.2, 0.25) is 0 Å². The molecule has 162 valence electrons. The van der Waals surface area contributed by atoms with E-state index in [9.17, 15) is 4.79 Å². The van der Waals surface area contributed by atoms with Gasteiger partial charge in [-0.05, 0) is 79.8 Å². The second-order valence-electron chi connectivity index (χ2n) is 9.02. The summed E-state index contributed by atoms with van der Waals surface area (Å²) in [6, 6.07) is 20.6. The molecule has 1 fully saturated rings. The summed E-state index contributed by atoms with van der Waals surface area (Å²) in [6.07, 6.45) is 0.489. The minimum atomic E-state index is 0.0709. The molecule has 1 atom stereocenters. The summed E-state index contributed by atoms with van der Waals surface area (Å²) in [5.41, 5.74) is 9.76. The first-order valence-corrected chi connectivity index (χ1v) is 11.3. The molecule has 1 unspecified atom stereocenters. The van der Waals surface area contributed by atoms with Crippen molar-refractivity contribution in [3.05, 3.63) is 94.3 Å². The molecule has 1 aliphatic rings. The number of benzene rings is 3. The summed E-state index contributed by atoms with van der Waals surface area (Å²) in [7, 11) is 0. The fourth-order valence-corrected chi connectivity index (χ4v) is 5.00. The van der Waals surface area contributed by atoms with Gasteiger partial charge in [0.05, 0.1) is 11.0 Å². The van der Waals surface area contributed by atoms with Crippen molar-refractivity contribution in [1.29, 1.82) is 0 Å². The van der Waals surface area contributed by atoms with Gasteiger partial charge in [-0.2, -0.15) is 0 Å². The molecular weight excluding hydrogens is 394 g/mol. The number of amides is 1. The Kier molecular flexibility index (Phi) is 5.09. The maximum atomic E-state index is 12.9. The molecule has 0 N–H and O–H groups in total. The van der Waals surface area contributed by atoms with Crippen LogP contribution >= 0.6 is 0 Å². The molecule has 4 heteroatoms. The number of imidazole rings is 1. The van der Waals surface area contributed by atoms with E-state index >= 15 is 0 Å². The van der Waals surface area contributed by atoms with Crippen LogP contribution in [0.15, 0.2) is 60.7 Å². The van der Waals surface area contributed by atoms with Crippen molar-refractivity contribution in [3.63, 3.8) is 0 Å². The van der Waals surface area contributed by atoms with Crippen molar-refractivity contribution in [3.8, 4) is 0 Å². The van der Waals surface area contributed by atoms with E-state index in [1.807, 2.05) is 41.3 Å². The molecule has 5 rings (SSSR count). The van der Waals surface area contributed by atoms with E-state index in [0.717, 1.165) is 29.1 Å². The van der Waals surface area contributed by atoms with Gasteiger partial charge in [0.2, 0.25) is 5.91 Å². The Morgan fingerprint density at radius 1 is 0.906 bits per heavy atom. The highest BCUT2D eigenvalue weighted by Gasteiger charge is 2.35. The summed E-state index contributed by atoms with van der Waals surface area (Å²) in [5, 5.41) is 0. The standard InChI is InChI=1S/C28H29N3O/c1-18-14-19(2)21(4)24(20(18)3)17-31-26-13-9-8-12-25(26)29-28(31)22-15-27(32)30(16-22)23-10-6-5-7-11-23/h5-14,22H,15-17H2,1-4H3. The van der Waals surface area contributed by atoms with Gasteiger partial charge in [0.25, 0.3) is 0 Å². The minimum Gasteiger partial charge on any atom is -0.323 e. The van der Waals surface area contributed by atoms with E-state index < -0.39 is 0 Å². The lowest BCUT2D eigenvalue weighted by molar-refractivity contribution is -0.117. The van der Waals surface area contributed by atoms with Crippen LogP contribution in [0.5, 0.6) is 0 Å². The van der Waals surface area contributed by atoms with Crippen LogP contribution in [-0.4, -0.2) is 22.0 Å². The zero-order chi connectivity index (χ0) is 22.4. The predicted octanol–water partition coefficient (Wildman–Crippen LogP) is 5.84. The Labute approximate surface area is 189 Å². The third-order valence-corrected chi connectivity index (χ3v) is 7.08. The number of aromatic nitrogens is 2. The highest BCUT2D eigenvalue weighted by atomic mass is 16.2. The second kappa shape index (κ2) is 7.94. The number of nitrogens with zero attached hydrogens (tertiary/aromatic N) is 3. The van der Waals surface area contributed by atoms with E-state index in [2.05, 4.69) is 56.5 Å². The van der Waals surface area contributed by atoms with Gasteiger partial charge in [0.15, 0.2) is 0 Å². The van der Waals surface area contributed by atoms with E-state index in [4.69, 9.17) is 4.98 Å². The molecule has 1 aliphatic heterocycles. The van der Waals surface area contributed by atoms with E-state index in [1.165, 1.54) is 27.8 Å². The van der Waals surface area contributed by atoms with Gasteiger partial charge < -0.3 is 9.47 Å². The number of carbonyl (C=O) groups excluding carboxylic acids is 1. The quantitative estimate of drug-likeness (QED) is 0.414. The molecule has 0 saturated carbocycles. The lowest BCUT2D eigenvalue weighted by Crippen LogP contribution is -2.24. The average Bonchev–Trinajstić information content (AvgIpc) is 3.36. The first-order valence-electron chi connectivity index (χ1n) is 11.3. The molecule has 3 aromatic carbocycles. The SMILES string of the molecule is Cc1cc(C)c(C)c(Cn2c(C3CC(=O)N(c4ccccc4)C3)nc3ccccc32)c1C. The van der Waals surface area contributed by atoms with Gasteiger partial charge in [-0.1, -0.05) is 36.4 Å². The Bertz CT molecular complexity index is 1290. The maximum absolute atomic E-state index is 12.9. The smallest absolute Gasteiger partial charge is 0.227 e. The number of para-hydroxylation sites is 3. The van der Waals surface area contributed by atoms with Gasteiger partial charge in [-0.15, -0.1) is 0 Å². The molecule has 1 saturated heterocycles. The molecule has 0 spiro atoms. The fourth-order valence-electron chi connectivity index (χ4n) is 5.00. The van der Waals surface area contributed by atoms with Crippen LogP contribution in [0.4, 0.5) is 5.69 Å². The first-order chi connectivity index (χ1) is 15.4. The molecule has 4 aromatic rings. The van der Waals surface area contributed by atoms with Crippen molar-refractivity contribution in [2.45, 2.75) is 46.6 Å². The number of carbonyl (C=O) groups is 1. The van der Waals surface area contributed by atoms with Crippen molar-refractivity contribution in [2.75, 3.05) is 11.4 Å². The monoisotopic (exact) mass is 423 g/mol. The highest BCUT2D eigenvalue weighted by Crippen LogP contribution is 2.34. The Morgan fingerprint density at radius 3 is 2.28 bits per heavy atom. The van der Waals surface area contributed by atoms with Crippen LogP contribution in [0.25, 0.3) is 11.0 Å². The summed E-state index contributed by atoms with van der Waals surface area (Å²) < 4.78 is 2.34. The fraction of sp³-hybridized carbons (Fsp3) is 0.286. The van der Waals surface area contributed by atoms with Gasteiger partial charge in [0.1, 0.15) is 5.82 Å². The van der Waals surface area contributed by atoms with Crippen molar-refractivity contribution in [1.82, 2.24) is 9.55 Å². The number of hydrogen-bond donors (Lipinski definition) is 0. The third-order valence-electron chi connectivity index (χ3n) is 7.08. The highest BCUT2D eigenvalue weighted by molar-refractivity contribution is 5.96. The van der Waals surface area contributed by atoms with Crippen LogP contribution in [-0.2, 0) is 11.3 Å². The zero-order valence-corrected chi connectivity index (χ0v) is 19.2. The normalized spacial score (nSPS) is 16.3. The van der Waals surface area contributed by atoms with Crippen LogP contribution in [0, 0.1) is 27.7 Å². The van der Waals surface area contributed by atoms with E-state index in [-0.39, 0.29) is 11.8 Å². The Balaban J connectivity index is 1.59. The van der Waals surface area contributed by atoms with E-state index in [0.29, 0.717) is 13.0 Å². The molecule has 0 aliphatic carbocycles. The number of aryl methyl sites for hydroxylation is 2. The second-order valence-corrected chi connectivity index (χ2v) is 9.02. The van der Waals surface area contributed by atoms with Crippen LogP contribution < -0.4 is 4.90 Å². The van der Waals surface area contributed by atoms with Gasteiger partial charge in [-0.25, -0.2) is 4.98 Å². The lowest BCUT2D eigenvalue weighted by atomic mass is 9.94. The molecule has 0 radical (unpaired) electrons. The maximum Gasteiger partial charge on any atom is 0.227 e. The third kappa shape index (κ3) is 3.40. The number of hydrogen-bond acceptors (Lipinski definition) is 2. The average molecular weight is 424 g/mol. The lowest BCUT2D eigenvalue weighted by Gasteiger charge is -2.20. The Morgan fingerprint density at radius 2 is 1.56 bits per heavy atom.